The Labute approximate surface area is 114 Å². The van der Waals surface area contributed by atoms with Crippen molar-refractivity contribution < 1.29 is 14.3 Å². The van der Waals surface area contributed by atoms with E-state index in [0.717, 1.165) is 23.0 Å². The van der Waals surface area contributed by atoms with Crippen LogP contribution in [0.2, 0.25) is 0 Å². The number of hydrogen-bond donors (Lipinski definition) is 1. The van der Waals surface area contributed by atoms with E-state index in [2.05, 4.69) is 4.98 Å². The van der Waals surface area contributed by atoms with Gasteiger partial charge in [0.1, 0.15) is 5.82 Å². The second-order valence-corrected chi connectivity index (χ2v) is 5.07. The van der Waals surface area contributed by atoms with Gasteiger partial charge in [-0.1, -0.05) is 17.8 Å². The van der Waals surface area contributed by atoms with Crippen molar-refractivity contribution in [2.75, 3.05) is 5.75 Å². The van der Waals surface area contributed by atoms with Gasteiger partial charge in [0.25, 0.3) is 0 Å². The number of halogens is 1. The molecule has 2 aromatic rings. The monoisotopic (exact) mass is 280 g/mol. The number of rotatable bonds is 4. The van der Waals surface area contributed by atoms with Crippen molar-refractivity contribution >= 4 is 17.7 Å². The van der Waals surface area contributed by atoms with Gasteiger partial charge in [-0.05, 0) is 31.5 Å². The van der Waals surface area contributed by atoms with Gasteiger partial charge in [-0.2, -0.15) is 0 Å². The number of carboxylic acids is 1. The second-order valence-electron chi connectivity index (χ2n) is 4.13. The van der Waals surface area contributed by atoms with Crippen LogP contribution in [0.15, 0.2) is 29.6 Å². The van der Waals surface area contributed by atoms with Crippen LogP contribution >= 0.6 is 11.8 Å². The van der Waals surface area contributed by atoms with E-state index in [9.17, 15) is 9.18 Å². The van der Waals surface area contributed by atoms with Crippen molar-refractivity contribution in [2.24, 2.45) is 0 Å². The summed E-state index contributed by atoms with van der Waals surface area (Å²) in [7, 11) is 0. The van der Waals surface area contributed by atoms with Crippen LogP contribution in [0, 0.1) is 19.7 Å². The van der Waals surface area contributed by atoms with Gasteiger partial charge < -0.3 is 5.11 Å². The van der Waals surface area contributed by atoms with E-state index in [-0.39, 0.29) is 11.6 Å². The number of aliphatic carboxylic acids is 1. The van der Waals surface area contributed by atoms with E-state index in [1.165, 1.54) is 12.1 Å². The van der Waals surface area contributed by atoms with E-state index in [1.54, 1.807) is 16.8 Å². The quantitative estimate of drug-likeness (QED) is 0.875. The summed E-state index contributed by atoms with van der Waals surface area (Å²) in [4.78, 5) is 14.8. The Bertz CT molecular complexity index is 625. The van der Waals surface area contributed by atoms with E-state index in [0.29, 0.717) is 10.8 Å². The molecule has 0 saturated carbocycles. The standard InChI is InChI=1S/C13H13FN2O2S/c1-8-3-4-10(14)5-11(8)16-9(2)6-15-13(16)19-7-12(17)18/h3-6H,7H2,1-2H3,(H,17,18). The Hall–Kier alpha value is -1.82. The van der Waals surface area contributed by atoms with Crippen LogP contribution in [0.25, 0.3) is 5.69 Å². The number of carbonyl (C=O) groups is 1. The summed E-state index contributed by atoms with van der Waals surface area (Å²) < 4.78 is 15.2. The summed E-state index contributed by atoms with van der Waals surface area (Å²) in [6.45, 7) is 3.72. The molecule has 0 aliphatic heterocycles. The molecule has 0 radical (unpaired) electrons. The minimum Gasteiger partial charge on any atom is -0.481 e. The van der Waals surface area contributed by atoms with Crippen LogP contribution < -0.4 is 0 Å². The maximum Gasteiger partial charge on any atom is 0.313 e. The first kappa shape index (κ1) is 13.6. The molecule has 1 aromatic carbocycles. The summed E-state index contributed by atoms with van der Waals surface area (Å²) in [5, 5.41) is 9.27. The highest BCUT2D eigenvalue weighted by Gasteiger charge is 2.13. The van der Waals surface area contributed by atoms with Crippen LogP contribution in [-0.2, 0) is 4.79 Å². The Kier molecular flexibility index (Phi) is 3.90. The molecule has 100 valence electrons. The summed E-state index contributed by atoms with van der Waals surface area (Å²) in [5.41, 5.74) is 2.42. The van der Waals surface area contributed by atoms with Crippen LogP contribution in [0.3, 0.4) is 0 Å². The number of carboxylic acid groups (broad SMARTS) is 1. The lowest BCUT2D eigenvalue weighted by atomic mass is 10.2. The van der Waals surface area contributed by atoms with Crippen molar-refractivity contribution in [3.63, 3.8) is 0 Å². The second kappa shape index (κ2) is 5.44. The summed E-state index contributed by atoms with van der Waals surface area (Å²) >= 11 is 1.12. The van der Waals surface area contributed by atoms with Crippen molar-refractivity contribution in [2.45, 2.75) is 19.0 Å². The van der Waals surface area contributed by atoms with Gasteiger partial charge in [0, 0.05) is 11.9 Å². The van der Waals surface area contributed by atoms with Crippen molar-refractivity contribution in [1.82, 2.24) is 9.55 Å². The van der Waals surface area contributed by atoms with Gasteiger partial charge in [0.15, 0.2) is 5.16 Å². The fourth-order valence-electron chi connectivity index (χ4n) is 1.76. The third-order valence-electron chi connectivity index (χ3n) is 2.64. The molecule has 1 N–H and O–H groups in total. The van der Waals surface area contributed by atoms with Crippen LogP contribution in [-0.4, -0.2) is 26.4 Å². The Morgan fingerprint density at radius 3 is 2.89 bits per heavy atom. The van der Waals surface area contributed by atoms with Crippen LogP contribution in [0.1, 0.15) is 11.3 Å². The zero-order chi connectivity index (χ0) is 14.0. The highest BCUT2D eigenvalue weighted by Crippen LogP contribution is 2.25. The average Bonchev–Trinajstić information content (AvgIpc) is 2.71. The molecule has 1 aromatic heterocycles. The normalized spacial score (nSPS) is 10.7. The van der Waals surface area contributed by atoms with Crippen LogP contribution in [0.4, 0.5) is 4.39 Å². The van der Waals surface area contributed by atoms with E-state index < -0.39 is 5.97 Å². The molecule has 0 atom stereocenters. The maximum atomic E-state index is 13.4. The number of benzene rings is 1. The van der Waals surface area contributed by atoms with E-state index >= 15 is 0 Å². The fraction of sp³-hybridized carbons (Fsp3) is 0.231. The Balaban J connectivity index is 2.46. The number of aromatic nitrogens is 2. The lowest BCUT2D eigenvalue weighted by molar-refractivity contribution is -0.133. The van der Waals surface area contributed by atoms with Crippen molar-refractivity contribution in [1.29, 1.82) is 0 Å². The lowest BCUT2D eigenvalue weighted by Crippen LogP contribution is -2.04. The minimum atomic E-state index is -0.909. The van der Waals surface area contributed by atoms with Crippen molar-refractivity contribution in [3.05, 3.63) is 41.5 Å². The lowest BCUT2D eigenvalue weighted by Gasteiger charge is -2.12. The van der Waals surface area contributed by atoms with E-state index in [1.807, 2.05) is 13.8 Å². The molecular weight excluding hydrogens is 267 g/mol. The maximum absolute atomic E-state index is 13.4. The molecule has 19 heavy (non-hydrogen) atoms. The molecule has 4 nitrogen and oxygen atoms in total. The number of thioether (sulfide) groups is 1. The molecule has 0 amide bonds. The molecule has 0 bridgehead atoms. The number of aryl methyl sites for hydroxylation is 2. The highest BCUT2D eigenvalue weighted by molar-refractivity contribution is 7.99. The third-order valence-corrected chi connectivity index (χ3v) is 3.58. The SMILES string of the molecule is Cc1ccc(F)cc1-n1c(C)cnc1SCC(=O)O. The van der Waals surface area contributed by atoms with Gasteiger partial charge in [-0.25, -0.2) is 9.37 Å². The third kappa shape index (κ3) is 2.96. The predicted molar refractivity (Wildman–Crippen MR) is 71.4 cm³/mol. The predicted octanol–water partition coefficient (Wildman–Crippen LogP) is 2.80. The first-order valence-electron chi connectivity index (χ1n) is 5.64. The molecule has 0 unspecified atom stereocenters. The van der Waals surface area contributed by atoms with Gasteiger partial charge in [-0.3, -0.25) is 9.36 Å². The molecule has 1 heterocycles. The molecule has 0 aliphatic carbocycles. The molecule has 0 fully saturated rings. The molecule has 0 spiro atoms. The van der Waals surface area contributed by atoms with Gasteiger partial charge in [0.05, 0.1) is 11.4 Å². The summed E-state index contributed by atoms with van der Waals surface area (Å²) in [6.07, 6.45) is 1.65. The van der Waals surface area contributed by atoms with Crippen LogP contribution in [0.5, 0.6) is 0 Å². The molecule has 0 aliphatic rings. The topological polar surface area (TPSA) is 55.1 Å². The number of imidazole rings is 1. The fourth-order valence-corrected chi connectivity index (χ4v) is 2.51. The molecule has 6 heteroatoms. The molecule has 0 saturated heterocycles. The number of hydrogen-bond acceptors (Lipinski definition) is 3. The van der Waals surface area contributed by atoms with Gasteiger partial charge in [0.2, 0.25) is 0 Å². The first-order chi connectivity index (χ1) is 8.99. The summed E-state index contributed by atoms with van der Waals surface area (Å²) in [6, 6.07) is 4.51. The largest absolute Gasteiger partial charge is 0.481 e. The Morgan fingerprint density at radius 2 is 2.21 bits per heavy atom. The summed E-state index contributed by atoms with van der Waals surface area (Å²) in [5.74, 6) is -1.32. The first-order valence-corrected chi connectivity index (χ1v) is 6.63. The molecular formula is C13H13FN2O2S. The zero-order valence-electron chi connectivity index (χ0n) is 10.6. The zero-order valence-corrected chi connectivity index (χ0v) is 11.4. The van der Waals surface area contributed by atoms with Crippen molar-refractivity contribution in [3.8, 4) is 5.69 Å². The van der Waals surface area contributed by atoms with Gasteiger partial charge >= 0.3 is 5.97 Å². The molecule has 2 rings (SSSR count). The smallest absolute Gasteiger partial charge is 0.313 e. The highest BCUT2D eigenvalue weighted by atomic mass is 32.2. The minimum absolute atomic E-state index is 0.0786. The van der Waals surface area contributed by atoms with Gasteiger partial charge in [-0.15, -0.1) is 0 Å². The number of nitrogens with zero attached hydrogens (tertiary/aromatic N) is 2. The Morgan fingerprint density at radius 1 is 1.47 bits per heavy atom. The van der Waals surface area contributed by atoms with E-state index in [4.69, 9.17) is 5.11 Å². The average molecular weight is 280 g/mol.